The topological polar surface area (TPSA) is 89.5 Å². The van der Waals surface area contributed by atoms with E-state index in [9.17, 15) is 17.6 Å². The highest BCUT2D eigenvalue weighted by atomic mass is 32.2. The van der Waals surface area contributed by atoms with Crippen molar-refractivity contribution < 1.29 is 31.1 Å². The van der Waals surface area contributed by atoms with Gasteiger partial charge in [-0.05, 0) is 81.8 Å². The number of carbonyl (C=O) groups excluding carboxylic acids is 1. The Bertz CT molecular complexity index is 1500. The first-order valence-corrected chi connectivity index (χ1v) is 14.6. The van der Waals surface area contributed by atoms with Crippen LogP contribution in [0, 0.1) is 24.5 Å². The minimum atomic E-state index is -4.24. The van der Waals surface area contributed by atoms with Crippen LogP contribution in [0.1, 0.15) is 56.2 Å². The largest absolute Gasteiger partial charge is 0.466 e. The van der Waals surface area contributed by atoms with E-state index in [1.54, 1.807) is 13.8 Å². The number of carbonyl (C=O) groups is 1. The van der Waals surface area contributed by atoms with Crippen LogP contribution in [0.15, 0.2) is 35.2 Å². The van der Waals surface area contributed by atoms with Gasteiger partial charge >= 0.3 is 5.97 Å². The molecule has 1 saturated heterocycles. The molecular weight excluding hydrogens is 531 g/mol. The molecule has 2 fully saturated rings. The van der Waals surface area contributed by atoms with Gasteiger partial charge in [0.05, 0.1) is 28.7 Å². The molecule has 1 aliphatic carbocycles. The Morgan fingerprint density at radius 1 is 1.05 bits per heavy atom. The lowest BCUT2D eigenvalue weighted by Crippen LogP contribution is -2.29. The third-order valence-electron chi connectivity index (χ3n) is 7.67. The number of benzene rings is 1. The molecule has 39 heavy (non-hydrogen) atoms. The van der Waals surface area contributed by atoms with E-state index in [0.29, 0.717) is 30.7 Å². The molecule has 2 aromatic heterocycles. The zero-order valence-electron chi connectivity index (χ0n) is 21.8. The Labute approximate surface area is 225 Å². The van der Waals surface area contributed by atoms with Crippen LogP contribution in [0.2, 0.25) is 0 Å². The van der Waals surface area contributed by atoms with Gasteiger partial charge in [-0.1, -0.05) is 0 Å². The number of aromatic nitrogens is 2. The van der Waals surface area contributed by atoms with Gasteiger partial charge in [-0.3, -0.25) is 4.79 Å². The molecule has 3 aromatic rings. The lowest BCUT2D eigenvalue weighted by molar-refractivity contribution is -0.149. The highest BCUT2D eigenvalue weighted by Gasteiger charge is 2.34. The molecule has 3 heterocycles. The maximum Gasteiger partial charge on any atom is 0.308 e. The van der Waals surface area contributed by atoms with Crippen molar-refractivity contribution in [1.82, 2.24) is 14.3 Å². The highest BCUT2D eigenvalue weighted by Crippen LogP contribution is 2.37. The van der Waals surface area contributed by atoms with Crippen molar-refractivity contribution in [2.75, 3.05) is 19.7 Å². The second kappa shape index (κ2) is 10.8. The predicted octanol–water partition coefficient (Wildman–Crippen LogP) is 5.45. The molecule has 0 radical (unpaired) electrons. The maximum atomic E-state index is 15.3. The average molecular weight is 562 g/mol. The molecule has 0 bridgehead atoms. The number of rotatable bonds is 6. The molecule has 1 atom stereocenters. The highest BCUT2D eigenvalue weighted by molar-refractivity contribution is 7.89. The summed E-state index contributed by atoms with van der Waals surface area (Å²) < 4.78 is 75.7. The fraction of sp³-hybridized carbons (Fsp3) is 0.464. The van der Waals surface area contributed by atoms with E-state index in [0.717, 1.165) is 40.4 Å². The molecule has 5 rings (SSSR count). The van der Waals surface area contributed by atoms with Gasteiger partial charge in [-0.25, -0.2) is 31.6 Å². The first kappa shape index (κ1) is 27.5. The van der Waals surface area contributed by atoms with Crippen molar-refractivity contribution in [3.05, 3.63) is 53.2 Å². The van der Waals surface area contributed by atoms with Gasteiger partial charge in [-0.15, -0.1) is 0 Å². The predicted molar refractivity (Wildman–Crippen MR) is 139 cm³/mol. The van der Waals surface area contributed by atoms with Crippen molar-refractivity contribution in [3.63, 3.8) is 0 Å². The first-order valence-electron chi connectivity index (χ1n) is 13.2. The molecule has 0 unspecified atom stereocenters. The number of fused-ring (bicyclic) bond motifs is 1. The van der Waals surface area contributed by atoms with Crippen molar-refractivity contribution in [2.45, 2.75) is 62.9 Å². The number of ether oxygens (including phenoxy) is 1. The van der Waals surface area contributed by atoms with E-state index in [1.807, 2.05) is 12.1 Å². The summed E-state index contributed by atoms with van der Waals surface area (Å²) in [6.45, 7) is 3.55. The number of esters is 1. The number of hydrogen-bond donors (Lipinski definition) is 0. The van der Waals surface area contributed by atoms with Crippen LogP contribution in [0.25, 0.3) is 22.3 Å². The van der Waals surface area contributed by atoms with E-state index in [4.69, 9.17) is 9.72 Å². The molecule has 1 aromatic carbocycles. The number of alkyl halides is 1. The lowest BCUT2D eigenvalue weighted by atomic mass is 9.80. The summed E-state index contributed by atoms with van der Waals surface area (Å²) in [7, 11) is -4.24. The van der Waals surface area contributed by atoms with Crippen molar-refractivity contribution >= 4 is 27.0 Å². The molecule has 0 N–H and O–H groups in total. The second-order valence-electron chi connectivity index (χ2n) is 10.2. The second-order valence-corrected chi connectivity index (χ2v) is 12.2. The van der Waals surface area contributed by atoms with Crippen LogP contribution in [0.5, 0.6) is 0 Å². The van der Waals surface area contributed by atoms with E-state index < -0.39 is 38.3 Å². The lowest BCUT2D eigenvalue weighted by Gasteiger charge is -2.27. The maximum absolute atomic E-state index is 15.3. The number of aryl methyl sites for hydroxylation is 1. The third-order valence-corrected chi connectivity index (χ3v) is 9.51. The number of nitrogens with zero attached hydrogens (tertiary/aromatic N) is 3. The summed E-state index contributed by atoms with van der Waals surface area (Å²) >= 11 is 0. The molecule has 1 aliphatic heterocycles. The molecule has 11 heteroatoms. The van der Waals surface area contributed by atoms with E-state index in [-0.39, 0.29) is 43.0 Å². The van der Waals surface area contributed by atoms with Gasteiger partial charge in [-0.2, -0.15) is 4.31 Å². The summed E-state index contributed by atoms with van der Waals surface area (Å²) in [5.74, 6) is -2.32. The van der Waals surface area contributed by atoms with Crippen LogP contribution < -0.4 is 0 Å². The number of sulfonamides is 1. The van der Waals surface area contributed by atoms with Crippen LogP contribution in [0.3, 0.4) is 0 Å². The zero-order chi connectivity index (χ0) is 27.9. The van der Waals surface area contributed by atoms with Gasteiger partial charge in [0.2, 0.25) is 10.0 Å². The van der Waals surface area contributed by atoms with Crippen LogP contribution in [-0.2, 0) is 19.6 Å². The van der Waals surface area contributed by atoms with Crippen LogP contribution >= 0.6 is 0 Å². The molecule has 208 valence electrons. The Kier molecular flexibility index (Phi) is 7.65. The van der Waals surface area contributed by atoms with Gasteiger partial charge in [0, 0.05) is 30.1 Å². The Morgan fingerprint density at radius 3 is 2.36 bits per heavy atom. The van der Waals surface area contributed by atoms with Crippen molar-refractivity contribution in [1.29, 1.82) is 0 Å². The minimum absolute atomic E-state index is 0.000359. The molecule has 0 spiro atoms. The molecule has 7 nitrogen and oxygen atoms in total. The van der Waals surface area contributed by atoms with Crippen molar-refractivity contribution in [2.24, 2.45) is 5.92 Å². The molecule has 0 amide bonds. The van der Waals surface area contributed by atoms with E-state index in [2.05, 4.69) is 4.98 Å². The van der Waals surface area contributed by atoms with Gasteiger partial charge in [0.15, 0.2) is 5.65 Å². The monoisotopic (exact) mass is 561 g/mol. The van der Waals surface area contributed by atoms with Gasteiger partial charge in [0.25, 0.3) is 0 Å². The van der Waals surface area contributed by atoms with Crippen LogP contribution in [-0.4, -0.2) is 54.5 Å². The van der Waals surface area contributed by atoms with E-state index >= 15 is 8.78 Å². The fourth-order valence-corrected chi connectivity index (χ4v) is 7.03. The summed E-state index contributed by atoms with van der Waals surface area (Å²) in [6, 6.07) is 6.86. The average Bonchev–Trinajstić information content (AvgIpc) is 3.35. The smallest absolute Gasteiger partial charge is 0.308 e. The summed E-state index contributed by atoms with van der Waals surface area (Å²) in [5, 5.41) is 0.734. The Balaban J connectivity index is 1.44. The number of pyridine rings is 2. The zero-order valence-corrected chi connectivity index (χ0v) is 22.6. The van der Waals surface area contributed by atoms with Crippen LogP contribution in [0.4, 0.5) is 13.2 Å². The summed E-state index contributed by atoms with van der Waals surface area (Å²) in [4.78, 5) is 20.7. The van der Waals surface area contributed by atoms with Gasteiger partial charge < -0.3 is 4.74 Å². The van der Waals surface area contributed by atoms with E-state index in [1.165, 1.54) is 6.07 Å². The summed E-state index contributed by atoms with van der Waals surface area (Å²) in [6.07, 6.45) is 1.67. The van der Waals surface area contributed by atoms with Gasteiger partial charge in [0.1, 0.15) is 17.8 Å². The third kappa shape index (κ3) is 5.38. The Morgan fingerprint density at radius 2 is 1.74 bits per heavy atom. The fourth-order valence-electron chi connectivity index (χ4n) is 5.52. The number of halogens is 3. The standard InChI is InChI=1S/C28H30F3N3O4S/c1-3-38-28(35)18-6-4-17(5-7-18)24-9-8-21-16(2)12-25(33-27(21)32-24)26-22(30)13-20(14-23(26)31)39(36,37)34-11-10-19(29)15-34/h8-9,12-14,17-19H,3-7,10-11,15H2,1-2H3/t17?,18?,19-/m0/s1. The normalized spacial score (nSPS) is 22.3. The number of hydrogen-bond acceptors (Lipinski definition) is 6. The molecule has 2 aliphatic rings. The molecule has 1 saturated carbocycles. The first-order chi connectivity index (χ1) is 18.6. The Hall–Kier alpha value is -3.05. The minimum Gasteiger partial charge on any atom is -0.466 e. The van der Waals surface area contributed by atoms with Crippen molar-refractivity contribution in [3.8, 4) is 11.3 Å². The summed E-state index contributed by atoms with van der Waals surface area (Å²) in [5.41, 5.74) is 1.39. The quantitative estimate of drug-likeness (QED) is 0.372. The molecular formula is C28H30F3N3O4S. The SMILES string of the molecule is CCOC(=O)C1CCC(c2ccc3c(C)cc(-c4c(F)cc(S(=O)(=O)N5CC[C@H](F)C5)cc4F)nc3n2)CC1.